The molecular formula is C13H20N4O3S. The van der Waals surface area contributed by atoms with Crippen LogP contribution in [0.15, 0.2) is 23.1 Å². The molecule has 1 saturated heterocycles. The first kappa shape index (κ1) is 15.6. The third-order valence-electron chi connectivity index (χ3n) is 3.43. The van der Waals surface area contributed by atoms with Gasteiger partial charge < -0.3 is 16.0 Å². The average molecular weight is 312 g/mol. The summed E-state index contributed by atoms with van der Waals surface area (Å²) in [6, 6.07) is 4.44. The number of carbonyl (C=O) groups is 1. The molecule has 0 unspecified atom stereocenters. The molecule has 7 nitrogen and oxygen atoms in total. The van der Waals surface area contributed by atoms with Crippen LogP contribution in [0.1, 0.15) is 19.3 Å². The lowest BCUT2D eigenvalue weighted by Gasteiger charge is -2.16. The normalized spacial score (nSPS) is 15.2. The van der Waals surface area contributed by atoms with E-state index in [1.165, 1.54) is 6.07 Å². The first-order valence-electron chi connectivity index (χ1n) is 6.82. The zero-order chi connectivity index (χ0) is 15.5. The molecule has 1 aromatic rings. The SMILES string of the molecule is Nc1ccc(NCCC(=O)N2CCCC2)c(S(N)(=O)=O)c1. The number of likely N-dealkylation sites (tertiary alicyclic amines) is 1. The number of sulfonamides is 1. The van der Waals surface area contributed by atoms with Crippen molar-refractivity contribution in [2.75, 3.05) is 30.7 Å². The second-order valence-electron chi connectivity index (χ2n) is 5.07. The summed E-state index contributed by atoms with van der Waals surface area (Å²) in [6.45, 7) is 1.97. The van der Waals surface area contributed by atoms with Crippen molar-refractivity contribution in [1.29, 1.82) is 0 Å². The molecule has 2 rings (SSSR count). The number of carbonyl (C=O) groups excluding carboxylic acids is 1. The third kappa shape index (κ3) is 4.08. The van der Waals surface area contributed by atoms with E-state index >= 15 is 0 Å². The first-order chi connectivity index (χ1) is 9.88. The molecule has 0 atom stereocenters. The van der Waals surface area contributed by atoms with Crippen molar-refractivity contribution >= 4 is 27.3 Å². The average Bonchev–Trinajstić information content (AvgIpc) is 2.93. The molecular weight excluding hydrogens is 292 g/mol. The van der Waals surface area contributed by atoms with Gasteiger partial charge in [0.1, 0.15) is 4.90 Å². The fourth-order valence-electron chi connectivity index (χ4n) is 2.35. The predicted octanol–water partition coefficient (Wildman–Crippen LogP) is 0.341. The summed E-state index contributed by atoms with van der Waals surface area (Å²) in [5.41, 5.74) is 6.25. The number of hydrogen-bond acceptors (Lipinski definition) is 5. The summed E-state index contributed by atoms with van der Waals surface area (Å²) in [6.07, 6.45) is 2.41. The molecule has 5 N–H and O–H groups in total. The van der Waals surface area contributed by atoms with Gasteiger partial charge in [-0.25, -0.2) is 13.6 Å². The summed E-state index contributed by atoms with van der Waals surface area (Å²) in [5.74, 6) is 0.0765. The minimum Gasteiger partial charge on any atom is -0.399 e. The Morgan fingerprint density at radius 1 is 1.29 bits per heavy atom. The highest BCUT2D eigenvalue weighted by Crippen LogP contribution is 2.22. The molecule has 0 saturated carbocycles. The van der Waals surface area contributed by atoms with Gasteiger partial charge in [-0.3, -0.25) is 4.79 Å². The highest BCUT2D eigenvalue weighted by atomic mass is 32.2. The molecule has 1 aliphatic heterocycles. The molecule has 1 fully saturated rings. The van der Waals surface area contributed by atoms with Crippen LogP contribution in [0.3, 0.4) is 0 Å². The van der Waals surface area contributed by atoms with E-state index in [0.29, 0.717) is 24.3 Å². The predicted molar refractivity (Wildman–Crippen MR) is 81.1 cm³/mol. The molecule has 0 bridgehead atoms. The number of anilines is 2. The van der Waals surface area contributed by atoms with Crippen molar-refractivity contribution in [3.05, 3.63) is 18.2 Å². The van der Waals surface area contributed by atoms with Gasteiger partial charge >= 0.3 is 0 Å². The Balaban J connectivity index is 1.98. The van der Waals surface area contributed by atoms with E-state index in [0.717, 1.165) is 25.9 Å². The first-order valence-corrected chi connectivity index (χ1v) is 8.36. The second-order valence-corrected chi connectivity index (χ2v) is 6.60. The highest BCUT2D eigenvalue weighted by Gasteiger charge is 2.18. The van der Waals surface area contributed by atoms with Gasteiger partial charge in [0, 0.05) is 31.7 Å². The number of nitrogens with zero attached hydrogens (tertiary/aromatic N) is 1. The van der Waals surface area contributed by atoms with Crippen LogP contribution in [-0.2, 0) is 14.8 Å². The van der Waals surface area contributed by atoms with Crippen LogP contribution in [0.5, 0.6) is 0 Å². The van der Waals surface area contributed by atoms with Gasteiger partial charge in [-0.05, 0) is 31.0 Å². The summed E-state index contributed by atoms with van der Waals surface area (Å²) in [5, 5.41) is 8.10. The molecule has 116 valence electrons. The van der Waals surface area contributed by atoms with E-state index in [1.54, 1.807) is 12.1 Å². The van der Waals surface area contributed by atoms with Crippen molar-refractivity contribution in [2.24, 2.45) is 5.14 Å². The molecule has 1 aromatic carbocycles. The number of rotatable bonds is 5. The van der Waals surface area contributed by atoms with Crippen molar-refractivity contribution in [2.45, 2.75) is 24.2 Å². The zero-order valence-corrected chi connectivity index (χ0v) is 12.5. The van der Waals surface area contributed by atoms with E-state index in [-0.39, 0.29) is 10.8 Å². The zero-order valence-electron chi connectivity index (χ0n) is 11.7. The number of hydrogen-bond donors (Lipinski definition) is 3. The summed E-state index contributed by atoms with van der Waals surface area (Å²) in [7, 11) is -3.86. The molecule has 21 heavy (non-hydrogen) atoms. The number of benzene rings is 1. The Kier molecular flexibility index (Phi) is 4.69. The van der Waals surface area contributed by atoms with Crippen molar-refractivity contribution in [3.63, 3.8) is 0 Å². The third-order valence-corrected chi connectivity index (χ3v) is 4.38. The Labute approximate surface area is 124 Å². The van der Waals surface area contributed by atoms with Crippen LogP contribution in [-0.4, -0.2) is 38.9 Å². The topological polar surface area (TPSA) is 119 Å². The van der Waals surface area contributed by atoms with Crippen molar-refractivity contribution in [1.82, 2.24) is 4.90 Å². The fraction of sp³-hybridized carbons (Fsp3) is 0.462. The van der Waals surface area contributed by atoms with Gasteiger partial charge in [0.05, 0.1) is 5.69 Å². The lowest BCUT2D eigenvalue weighted by atomic mass is 10.2. The largest absolute Gasteiger partial charge is 0.399 e. The van der Waals surface area contributed by atoms with Crippen LogP contribution in [0.25, 0.3) is 0 Å². The van der Waals surface area contributed by atoms with E-state index < -0.39 is 10.0 Å². The number of primary sulfonamides is 1. The maximum absolute atomic E-state index is 11.9. The van der Waals surface area contributed by atoms with E-state index in [2.05, 4.69) is 5.32 Å². The van der Waals surface area contributed by atoms with Crippen LogP contribution in [0.2, 0.25) is 0 Å². The summed E-state index contributed by atoms with van der Waals surface area (Å²) >= 11 is 0. The fourth-order valence-corrected chi connectivity index (χ4v) is 3.10. The lowest BCUT2D eigenvalue weighted by Crippen LogP contribution is -2.29. The van der Waals surface area contributed by atoms with Gasteiger partial charge in [-0.15, -0.1) is 0 Å². The summed E-state index contributed by atoms with van der Waals surface area (Å²) in [4.78, 5) is 13.7. The van der Waals surface area contributed by atoms with Crippen LogP contribution in [0.4, 0.5) is 11.4 Å². The number of nitrogens with two attached hydrogens (primary N) is 2. The van der Waals surface area contributed by atoms with Crippen LogP contribution < -0.4 is 16.2 Å². The smallest absolute Gasteiger partial charge is 0.240 e. The quantitative estimate of drug-likeness (QED) is 0.677. The van der Waals surface area contributed by atoms with Gasteiger partial charge in [-0.1, -0.05) is 0 Å². The molecule has 1 heterocycles. The lowest BCUT2D eigenvalue weighted by molar-refractivity contribution is -0.129. The van der Waals surface area contributed by atoms with Crippen molar-refractivity contribution in [3.8, 4) is 0 Å². The number of amides is 1. The van der Waals surface area contributed by atoms with E-state index in [4.69, 9.17) is 10.9 Å². The number of nitrogens with one attached hydrogen (secondary N) is 1. The Bertz CT molecular complexity index is 624. The maximum Gasteiger partial charge on any atom is 0.240 e. The second kappa shape index (κ2) is 6.31. The van der Waals surface area contributed by atoms with Crippen LogP contribution in [0, 0.1) is 0 Å². The van der Waals surface area contributed by atoms with Gasteiger partial charge in [-0.2, -0.15) is 0 Å². The molecule has 0 radical (unpaired) electrons. The van der Waals surface area contributed by atoms with Gasteiger partial charge in [0.2, 0.25) is 15.9 Å². The van der Waals surface area contributed by atoms with Crippen molar-refractivity contribution < 1.29 is 13.2 Å². The molecule has 0 aromatic heterocycles. The van der Waals surface area contributed by atoms with E-state index in [1.807, 2.05) is 4.90 Å². The summed E-state index contributed by atoms with van der Waals surface area (Å²) < 4.78 is 23.0. The standard InChI is InChI=1S/C13H20N4O3S/c14-10-3-4-11(12(9-10)21(15,19)20)16-6-5-13(18)17-7-1-2-8-17/h3-4,9,16H,1-2,5-8,14H2,(H2,15,19,20). The molecule has 1 amide bonds. The molecule has 0 spiro atoms. The Morgan fingerprint density at radius 2 is 1.95 bits per heavy atom. The molecule has 8 heteroatoms. The molecule has 0 aliphatic carbocycles. The highest BCUT2D eigenvalue weighted by molar-refractivity contribution is 7.89. The minimum absolute atomic E-state index is 0.0591. The molecule has 1 aliphatic rings. The Hall–Kier alpha value is -1.80. The van der Waals surface area contributed by atoms with E-state index in [9.17, 15) is 13.2 Å². The van der Waals surface area contributed by atoms with Crippen LogP contribution >= 0.6 is 0 Å². The maximum atomic E-state index is 11.9. The minimum atomic E-state index is -3.86. The number of nitrogen functional groups attached to an aromatic ring is 1. The van der Waals surface area contributed by atoms with Gasteiger partial charge in [0.15, 0.2) is 0 Å². The van der Waals surface area contributed by atoms with Gasteiger partial charge in [0.25, 0.3) is 0 Å². The monoisotopic (exact) mass is 312 g/mol. The Morgan fingerprint density at radius 3 is 2.57 bits per heavy atom.